The molecule has 1 atom stereocenters. The van der Waals surface area contributed by atoms with E-state index >= 15 is 0 Å². The van der Waals surface area contributed by atoms with Crippen LogP contribution >= 0.6 is 0 Å². The predicted octanol–water partition coefficient (Wildman–Crippen LogP) is 0.787. The Morgan fingerprint density at radius 3 is 2.93 bits per heavy atom. The second kappa shape index (κ2) is 3.84. The molecule has 4 heteroatoms. The number of hydrogen-bond acceptors (Lipinski definition) is 4. The van der Waals surface area contributed by atoms with Crippen molar-refractivity contribution in [1.29, 1.82) is 0 Å². The monoisotopic (exact) mass is 191 g/mol. The molecule has 0 spiro atoms. The number of nitrogens with zero attached hydrogens (tertiary/aromatic N) is 2. The Labute approximate surface area is 82.6 Å². The fraction of sp³-hybridized carbons (Fsp3) is 0.500. The molecule has 2 N–H and O–H groups in total. The maximum atomic E-state index is 11.6. The van der Waals surface area contributed by atoms with Crippen LogP contribution in [-0.2, 0) is 0 Å². The molecule has 0 aromatic carbocycles. The van der Waals surface area contributed by atoms with Crippen molar-refractivity contribution in [3.8, 4) is 0 Å². The van der Waals surface area contributed by atoms with Crippen LogP contribution in [0.25, 0.3) is 0 Å². The molecule has 0 aliphatic heterocycles. The molecule has 14 heavy (non-hydrogen) atoms. The van der Waals surface area contributed by atoms with E-state index in [4.69, 9.17) is 5.73 Å². The summed E-state index contributed by atoms with van der Waals surface area (Å²) in [6.07, 6.45) is 7.28. The van der Waals surface area contributed by atoms with Gasteiger partial charge in [0.25, 0.3) is 0 Å². The molecule has 0 amide bonds. The van der Waals surface area contributed by atoms with Gasteiger partial charge in [-0.1, -0.05) is 0 Å². The van der Waals surface area contributed by atoms with Gasteiger partial charge in [-0.25, -0.2) is 4.98 Å². The van der Waals surface area contributed by atoms with Crippen LogP contribution in [0, 0.1) is 5.92 Å². The van der Waals surface area contributed by atoms with Crippen molar-refractivity contribution >= 4 is 5.78 Å². The first-order valence-electron chi connectivity index (χ1n) is 4.82. The Hall–Kier alpha value is -1.29. The van der Waals surface area contributed by atoms with Gasteiger partial charge < -0.3 is 5.73 Å². The lowest BCUT2D eigenvalue weighted by atomic mass is 10.1. The first-order chi connectivity index (χ1) is 6.77. The first-order valence-corrected chi connectivity index (χ1v) is 4.82. The van der Waals surface area contributed by atoms with Gasteiger partial charge in [0.2, 0.25) is 0 Å². The summed E-state index contributed by atoms with van der Waals surface area (Å²) in [5.74, 6) is 0.549. The third kappa shape index (κ3) is 2.14. The summed E-state index contributed by atoms with van der Waals surface area (Å²) in [7, 11) is 0. The van der Waals surface area contributed by atoms with Gasteiger partial charge in [-0.05, 0) is 18.8 Å². The van der Waals surface area contributed by atoms with E-state index in [9.17, 15) is 4.79 Å². The molecule has 0 radical (unpaired) electrons. The van der Waals surface area contributed by atoms with Gasteiger partial charge >= 0.3 is 0 Å². The maximum Gasteiger partial charge on any atom is 0.184 e. The summed E-state index contributed by atoms with van der Waals surface area (Å²) < 4.78 is 0. The molecule has 1 heterocycles. The quantitative estimate of drug-likeness (QED) is 0.714. The lowest BCUT2D eigenvalue weighted by molar-refractivity contribution is 0.0966. The minimum absolute atomic E-state index is 0.00231. The van der Waals surface area contributed by atoms with E-state index in [1.54, 1.807) is 6.20 Å². The van der Waals surface area contributed by atoms with Gasteiger partial charge in [0.15, 0.2) is 5.78 Å². The minimum atomic E-state index is -0.00231. The number of carbonyl (C=O) groups excluding carboxylic acids is 1. The third-order valence-corrected chi connectivity index (χ3v) is 2.50. The topological polar surface area (TPSA) is 68.9 Å². The van der Waals surface area contributed by atoms with Crippen LogP contribution < -0.4 is 5.73 Å². The van der Waals surface area contributed by atoms with Crippen LogP contribution in [0.1, 0.15) is 29.8 Å². The van der Waals surface area contributed by atoms with Gasteiger partial charge in [0, 0.05) is 24.9 Å². The van der Waals surface area contributed by atoms with E-state index < -0.39 is 0 Å². The molecule has 0 bridgehead atoms. The number of Topliss-reactive ketones (excluding diaryl/α,β-unsaturated/α-hetero) is 1. The molecule has 1 fully saturated rings. The summed E-state index contributed by atoms with van der Waals surface area (Å²) in [5, 5.41) is 0. The van der Waals surface area contributed by atoms with E-state index in [1.807, 2.05) is 0 Å². The smallest absolute Gasteiger partial charge is 0.184 e. The zero-order valence-electron chi connectivity index (χ0n) is 7.89. The Balaban J connectivity index is 1.95. The van der Waals surface area contributed by atoms with Crippen molar-refractivity contribution in [2.24, 2.45) is 11.7 Å². The van der Waals surface area contributed by atoms with Gasteiger partial charge in [-0.2, -0.15) is 0 Å². The highest BCUT2D eigenvalue weighted by atomic mass is 16.1. The normalized spacial score (nSPS) is 17.8. The summed E-state index contributed by atoms with van der Waals surface area (Å²) in [6.45, 7) is 0. The third-order valence-electron chi connectivity index (χ3n) is 2.50. The van der Waals surface area contributed by atoms with Crippen molar-refractivity contribution in [3.63, 3.8) is 0 Å². The molecule has 2 rings (SSSR count). The highest BCUT2D eigenvalue weighted by Gasteiger charge is 2.30. The molecule has 0 saturated heterocycles. The number of hydrogen-bond donors (Lipinski definition) is 1. The number of carbonyl (C=O) groups is 1. The number of nitrogens with two attached hydrogens (primary N) is 1. The largest absolute Gasteiger partial charge is 0.327 e. The first kappa shape index (κ1) is 9.27. The standard InChI is InChI=1S/C10H13N3O/c11-8(7-1-2-7)5-10(14)9-6-12-3-4-13-9/h3-4,6-8H,1-2,5,11H2. The van der Waals surface area contributed by atoms with Crippen molar-refractivity contribution < 1.29 is 4.79 Å². The van der Waals surface area contributed by atoms with Gasteiger partial charge in [0.05, 0.1) is 6.20 Å². The Bertz CT molecular complexity index is 321. The van der Waals surface area contributed by atoms with Crippen molar-refractivity contribution in [2.45, 2.75) is 25.3 Å². The molecular formula is C10H13N3O. The van der Waals surface area contributed by atoms with E-state index in [2.05, 4.69) is 9.97 Å². The Morgan fingerprint density at radius 2 is 2.36 bits per heavy atom. The molecule has 74 valence electrons. The van der Waals surface area contributed by atoms with E-state index in [-0.39, 0.29) is 11.8 Å². The molecule has 1 saturated carbocycles. The van der Waals surface area contributed by atoms with Gasteiger partial charge in [0.1, 0.15) is 5.69 Å². The highest BCUT2D eigenvalue weighted by Crippen LogP contribution is 2.33. The lowest BCUT2D eigenvalue weighted by Crippen LogP contribution is -2.26. The molecule has 1 aliphatic carbocycles. The van der Waals surface area contributed by atoms with Crippen LogP contribution in [-0.4, -0.2) is 21.8 Å². The molecule has 1 aliphatic rings. The fourth-order valence-electron chi connectivity index (χ4n) is 1.45. The molecule has 1 unspecified atom stereocenters. The summed E-state index contributed by atoms with van der Waals surface area (Å²) in [5.41, 5.74) is 6.27. The predicted molar refractivity (Wildman–Crippen MR) is 51.7 cm³/mol. The number of ketones is 1. The van der Waals surface area contributed by atoms with Gasteiger partial charge in [-0.3, -0.25) is 9.78 Å². The number of aromatic nitrogens is 2. The molecule has 4 nitrogen and oxygen atoms in total. The number of rotatable bonds is 4. The van der Waals surface area contributed by atoms with Crippen molar-refractivity contribution in [2.75, 3.05) is 0 Å². The van der Waals surface area contributed by atoms with Crippen molar-refractivity contribution in [1.82, 2.24) is 9.97 Å². The summed E-state index contributed by atoms with van der Waals surface area (Å²) >= 11 is 0. The van der Waals surface area contributed by atoms with Gasteiger partial charge in [-0.15, -0.1) is 0 Å². The van der Waals surface area contributed by atoms with E-state index in [0.29, 0.717) is 18.0 Å². The average molecular weight is 191 g/mol. The lowest BCUT2D eigenvalue weighted by Gasteiger charge is -2.07. The highest BCUT2D eigenvalue weighted by molar-refractivity contribution is 5.94. The second-order valence-corrected chi connectivity index (χ2v) is 3.72. The Kier molecular flexibility index (Phi) is 2.54. The van der Waals surface area contributed by atoms with Crippen molar-refractivity contribution in [3.05, 3.63) is 24.3 Å². The zero-order valence-corrected chi connectivity index (χ0v) is 7.89. The zero-order chi connectivity index (χ0) is 9.97. The van der Waals surface area contributed by atoms with E-state index in [1.165, 1.54) is 12.4 Å². The fourth-order valence-corrected chi connectivity index (χ4v) is 1.45. The van der Waals surface area contributed by atoms with Crippen LogP contribution in [0.2, 0.25) is 0 Å². The molecule has 1 aromatic rings. The van der Waals surface area contributed by atoms with Crippen LogP contribution in [0.15, 0.2) is 18.6 Å². The summed E-state index contributed by atoms with van der Waals surface area (Å²) in [6, 6.07) is 0.00417. The SMILES string of the molecule is NC(CC(=O)c1cnccn1)C1CC1. The maximum absolute atomic E-state index is 11.6. The van der Waals surface area contributed by atoms with Crippen LogP contribution in [0.5, 0.6) is 0 Å². The van der Waals surface area contributed by atoms with Crippen LogP contribution in [0.4, 0.5) is 0 Å². The molecule has 1 aromatic heterocycles. The Morgan fingerprint density at radius 1 is 1.57 bits per heavy atom. The second-order valence-electron chi connectivity index (χ2n) is 3.72. The average Bonchev–Trinajstić information content (AvgIpc) is 3.02. The minimum Gasteiger partial charge on any atom is -0.327 e. The van der Waals surface area contributed by atoms with E-state index in [0.717, 1.165) is 12.8 Å². The van der Waals surface area contributed by atoms with Crippen LogP contribution in [0.3, 0.4) is 0 Å². The molecular weight excluding hydrogens is 178 g/mol. The summed E-state index contributed by atoms with van der Waals surface area (Å²) in [4.78, 5) is 19.4.